The van der Waals surface area contributed by atoms with Gasteiger partial charge in [0.15, 0.2) is 5.69 Å². The molecule has 2 N–H and O–H groups in total. The smallest absolute Gasteiger partial charge is 0.336 e. The zero-order chi connectivity index (χ0) is 18.0. The van der Waals surface area contributed by atoms with Crippen LogP contribution in [0, 0.1) is 26.1 Å². The zero-order valence-electron chi connectivity index (χ0n) is 12.2. The number of nitro benzene ring substituents is 2. The first-order valence-corrected chi connectivity index (χ1v) is 6.90. The number of benzene rings is 1. The molecule has 11 nitrogen and oxygen atoms in total. The number of carbonyl (C=O) groups is 2. The number of aromatic carboxylic acids is 1. The molecule has 0 atom stereocenters. The molecular weight excluding hydrogens is 326 g/mol. The lowest BCUT2D eigenvalue weighted by Gasteiger charge is -2.31. The molecule has 2 rings (SSSR count). The number of rotatable bonds is 5. The second-order valence-electron chi connectivity index (χ2n) is 5.28. The third kappa shape index (κ3) is 3.24. The van der Waals surface area contributed by atoms with Crippen LogP contribution in [0.25, 0.3) is 0 Å². The van der Waals surface area contributed by atoms with Crippen LogP contribution >= 0.6 is 0 Å². The number of aliphatic carboxylic acids is 1. The molecule has 0 spiro atoms. The SMILES string of the molecule is O=C(O)c1cc([N+](=O)[O-])c(N2CCC(C(=O)O)CC2)c([N+](=O)[O-])c1. The highest BCUT2D eigenvalue weighted by molar-refractivity contribution is 5.92. The average molecular weight is 339 g/mol. The standard InChI is InChI=1S/C13H13N3O8/c17-12(18)7-1-3-14(4-2-7)11-9(15(21)22)5-8(13(19)20)6-10(11)16(23)24/h5-7H,1-4H2,(H,17,18)(H,19,20). The third-order valence-electron chi connectivity index (χ3n) is 3.87. The predicted molar refractivity (Wildman–Crippen MR) is 79.3 cm³/mol. The Morgan fingerprint density at radius 3 is 1.83 bits per heavy atom. The fourth-order valence-corrected chi connectivity index (χ4v) is 2.68. The topological polar surface area (TPSA) is 164 Å². The third-order valence-corrected chi connectivity index (χ3v) is 3.87. The van der Waals surface area contributed by atoms with Gasteiger partial charge in [0.2, 0.25) is 0 Å². The van der Waals surface area contributed by atoms with Crippen molar-refractivity contribution in [3.63, 3.8) is 0 Å². The zero-order valence-corrected chi connectivity index (χ0v) is 12.2. The Morgan fingerprint density at radius 1 is 1.04 bits per heavy atom. The largest absolute Gasteiger partial charge is 0.481 e. The monoisotopic (exact) mass is 339 g/mol. The molecule has 1 aromatic carbocycles. The molecule has 0 radical (unpaired) electrons. The van der Waals surface area contributed by atoms with Gasteiger partial charge < -0.3 is 15.1 Å². The van der Waals surface area contributed by atoms with E-state index in [4.69, 9.17) is 10.2 Å². The van der Waals surface area contributed by atoms with E-state index in [1.807, 2.05) is 0 Å². The molecule has 1 aliphatic rings. The Hall–Kier alpha value is -3.24. The quantitative estimate of drug-likeness (QED) is 0.597. The number of carboxylic acids is 2. The molecule has 0 saturated carbocycles. The number of nitrogens with zero attached hydrogens (tertiary/aromatic N) is 3. The first-order chi connectivity index (χ1) is 11.2. The molecule has 0 aromatic heterocycles. The van der Waals surface area contributed by atoms with E-state index < -0.39 is 44.6 Å². The number of anilines is 1. The van der Waals surface area contributed by atoms with Gasteiger partial charge in [-0.05, 0) is 12.8 Å². The molecule has 1 aromatic rings. The van der Waals surface area contributed by atoms with Crippen molar-refractivity contribution in [2.45, 2.75) is 12.8 Å². The van der Waals surface area contributed by atoms with Gasteiger partial charge in [-0.1, -0.05) is 0 Å². The first-order valence-electron chi connectivity index (χ1n) is 6.90. The highest BCUT2D eigenvalue weighted by Crippen LogP contribution is 2.40. The number of hydrogen-bond acceptors (Lipinski definition) is 7. The van der Waals surface area contributed by atoms with Gasteiger partial charge in [-0.25, -0.2) is 4.79 Å². The molecule has 1 saturated heterocycles. The molecular formula is C13H13N3O8. The fraction of sp³-hybridized carbons (Fsp3) is 0.385. The van der Waals surface area contributed by atoms with Crippen molar-refractivity contribution >= 4 is 29.0 Å². The van der Waals surface area contributed by atoms with Crippen LogP contribution in [0.2, 0.25) is 0 Å². The normalized spacial score (nSPS) is 15.1. The van der Waals surface area contributed by atoms with Gasteiger partial charge in [0.05, 0.1) is 21.3 Å². The molecule has 11 heteroatoms. The van der Waals surface area contributed by atoms with Gasteiger partial charge in [0.1, 0.15) is 0 Å². The highest BCUT2D eigenvalue weighted by atomic mass is 16.6. The van der Waals surface area contributed by atoms with E-state index in [0.29, 0.717) is 0 Å². The lowest BCUT2D eigenvalue weighted by Crippen LogP contribution is -2.37. The van der Waals surface area contributed by atoms with Crippen molar-refractivity contribution in [1.29, 1.82) is 0 Å². The second kappa shape index (κ2) is 6.48. The lowest BCUT2D eigenvalue weighted by atomic mass is 9.96. The van der Waals surface area contributed by atoms with E-state index in [0.717, 1.165) is 12.1 Å². The molecule has 128 valence electrons. The first kappa shape index (κ1) is 17.1. The summed E-state index contributed by atoms with van der Waals surface area (Å²) in [6.07, 6.45) is 0.370. The summed E-state index contributed by atoms with van der Waals surface area (Å²) < 4.78 is 0. The summed E-state index contributed by atoms with van der Waals surface area (Å²) in [5.41, 5.74) is -2.22. The van der Waals surface area contributed by atoms with Crippen LogP contribution in [0.3, 0.4) is 0 Å². The molecule has 1 fully saturated rings. The summed E-state index contributed by atoms with van der Waals surface area (Å²) in [4.78, 5) is 44.1. The van der Waals surface area contributed by atoms with Crippen molar-refractivity contribution in [1.82, 2.24) is 0 Å². The summed E-state index contributed by atoms with van der Waals surface area (Å²) in [7, 11) is 0. The van der Waals surface area contributed by atoms with Crippen LogP contribution in [0.5, 0.6) is 0 Å². The minimum atomic E-state index is -1.52. The van der Waals surface area contributed by atoms with E-state index >= 15 is 0 Å². The van der Waals surface area contributed by atoms with Crippen molar-refractivity contribution in [3.8, 4) is 0 Å². The van der Waals surface area contributed by atoms with Crippen LogP contribution < -0.4 is 4.90 Å². The Labute approximate surface area is 134 Å². The summed E-state index contributed by atoms with van der Waals surface area (Å²) >= 11 is 0. The number of nitro groups is 2. The molecule has 0 aliphatic carbocycles. The second-order valence-corrected chi connectivity index (χ2v) is 5.28. The number of hydrogen-bond donors (Lipinski definition) is 2. The maximum Gasteiger partial charge on any atom is 0.336 e. The van der Waals surface area contributed by atoms with Crippen LogP contribution in [0.4, 0.5) is 17.1 Å². The molecule has 1 heterocycles. The minimum absolute atomic E-state index is 0.0884. The van der Waals surface area contributed by atoms with E-state index in [9.17, 15) is 29.8 Å². The van der Waals surface area contributed by atoms with Gasteiger partial charge in [0, 0.05) is 25.2 Å². The number of piperidine rings is 1. The molecule has 0 amide bonds. The van der Waals surface area contributed by atoms with E-state index in [2.05, 4.69) is 0 Å². The van der Waals surface area contributed by atoms with Crippen LogP contribution in [-0.2, 0) is 4.79 Å². The Morgan fingerprint density at radius 2 is 1.50 bits per heavy atom. The maximum absolute atomic E-state index is 11.3. The molecule has 0 bridgehead atoms. The maximum atomic E-state index is 11.3. The van der Waals surface area contributed by atoms with Gasteiger partial charge >= 0.3 is 23.3 Å². The molecule has 24 heavy (non-hydrogen) atoms. The van der Waals surface area contributed by atoms with Crippen LogP contribution in [0.1, 0.15) is 23.2 Å². The Balaban J connectivity index is 2.51. The summed E-state index contributed by atoms with van der Waals surface area (Å²) in [6.45, 7) is 0.177. The molecule has 0 unspecified atom stereocenters. The molecule has 1 aliphatic heterocycles. The van der Waals surface area contributed by atoms with Crippen LogP contribution in [-0.4, -0.2) is 45.1 Å². The van der Waals surface area contributed by atoms with E-state index in [1.165, 1.54) is 4.90 Å². The van der Waals surface area contributed by atoms with Crippen molar-refractivity contribution in [3.05, 3.63) is 37.9 Å². The average Bonchev–Trinajstić information content (AvgIpc) is 2.53. The van der Waals surface area contributed by atoms with Crippen LogP contribution in [0.15, 0.2) is 12.1 Å². The van der Waals surface area contributed by atoms with E-state index in [1.54, 1.807) is 0 Å². The lowest BCUT2D eigenvalue weighted by molar-refractivity contribution is -0.392. The Bertz CT molecular complexity index is 689. The summed E-state index contributed by atoms with van der Waals surface area (Å²) in [5.74, 6) is -3.12. The minimum Gasteiger partial charge on any atom is -0.481 e. The van der Waals surface area contributed by atoms with Gasteiger partial charge in [-0.2, -0.15) is 0 Å². The van der Waals surface area contributed by atoms with Crippen molar-refractivity contribution < 1.29 is 29.6 Å². The summed E-state index contributed by atoms with van der Waals surface area (Å²) in [5, 5.41) is 40.5. The highest BCUT2D eigenvalue weighted by Gasteiger charge is 2.35. The van der Waals surface area contributed by atoms with Gasteiger partial charge in [0.25, 0.3) is 0 Å². The van der Waals surface area contributed by atoms with Crippen molar-refractivity contribution in [2.75, 3.05) is 18.0 Å². The predicted octanol–water partition coefficient (Wildman–Crippen LogP) is 1.50. The Kier molecular flexibility index (Phi) is 4.62. The van der Waals surface area contributed by atoms with Gasteiger partial charge in [-0.15, -0.1) is 0 Å². The number of carboxylic acid groups (broad SMARTS) is 2. The van der Waals surface area contributed by atoms with Gasteiger partial charge in [-0.3, -0.25) is 25.0 Å². The van der Waals surface area contributed by atoms with Crippen molar-refractivity contribution in [2.24, 2.45) is 5.92 Å². The van der Waals surface area contributed by atoms with E-state index in [-0.39, 0.29) is 31.6 Å². The summed E-state index contributed by atoms with van der Waals surface area (Å²) in [6, 6.07) is 1.54. The fourth-order valence-electron chi connectivity index (χ4n) is 2.68.